The molecule has 0 aliphatic heterocycles. The number of rotatable bonds is 4. The van der Waals surface area contributed by atoms with E-state index in [4.69, 9.17) is 0 Å². The average Bonchev–Trinajstić information content (AvgIpc) is 3.41. The first-order valence-electron chi connectivity index (χ1n) is 8.48. The highest BCUT2D eigenvalue weighted by Crippen LogP contribution is 2.48. The van der Waals surface area contributed by atoms with Crippen molar-refractivity contribution in [3.05, 3.63) is 84.6 Å². The molecule has 1 heterocycles. The first-order valence-corrected chi connectivity index (χ1v) is 8.48. The summed E-state index contributed by atoms with van der Waals surface area (Å²) in [6.07, 6.45) is 6.40. The zero-order valence-electron chi connectivity index (χ0n) is 14.0. The summed E-state index contributed by atoms with van der Waals surface area (Å²) in [5, 5.41) is 0. The van der Waals surface area contributed by atoms with Crippen molar-refractivity contribution in [2.75, 3.05) is 0 Å². The van der Waals surface area contributed by atoms with Crippen LogP contribution < -0.4 is 0 Å². The fraction of sp³-hybridized carbons (Fsp3) is 0.174. The monoisotopic (exact) mass is 311 g/mol. The van der Waals surface area contributed by atoms with Gasteiger partial charge in [0.05, 0.1) is 5.69 Å². The molecule has 0 saturated heterocycles. The molecule has 1 saturated carbocycles. The van der Waals surface area contributed by atoms with Crippen LogP contribution in [0.4, 0.5) is 0 Å². The van der Waals surface area contributed by atoms with Crippen molar-refractivity contribution in [1.82, 2.24) is 4.98 Å². The molecular formula is C23H21N. The van der Waals surface area contributed by atoms with Crippen LogP contribution in [-0.4, -0.2) is 4.98 Å². The van der Waals surface area contributed by atoms with Gasteiger partial charge in [-0.15, -0.1) is 0 Å². The van der Waals surface area contributed by atoms with Crippen LogP contribution in [-0.2, 0) is 5.41 Å². The Morgan fingerprint density at radius 3 is 2.46 bits per heavy atom. The summed E-state index contributed by atoms with van der Waals surface area (Å²) in [5.74, 6) is 0. The topological polar surface area (TPSA) is 12.9 Å². The van der Waals surface area contributed by atoms with Crippen molar-refractivity contribution in [2.45, 2.75) is 25.2 Å². The molecule has 1 fully saturated rings. The molecule has 3 aromatic rings. The maximum absolute atomic E-state index is 4.65. The van der Waals surface area contributed by atoms with E-state index in [1.165, 1.54) is 29.5 Å². The Morgan fingerprint density at radius 1 is 0.958 bits per heavy atom. The Kier molecular flexibility index (Phi) is 3.57. The highest BCUT2D eigenvalue weighted by Gasteiger charge is 2.39. The molecule has 0 atom stereocenters. The molecule has 0 unspecified atom stereocenters. The third-order valence-electron chi connectivity index (χ3n) is 5.11. The molecule has 24 heavy (non-hydrogen) atoms. The standard InChI is InChI=1S/C23H21N/c1-3-17-9-10-19(18-7-5-4-6-8-18)15-21(17)22-16-20(11-14-24-22)23(2)12-13-23/h3-11,14-16H,1,12-13H2,2H3. The predicted molar refractivity (Wildman–Crippen MR) is 102 cm³/mol. The highest BCUT2D eigenvalue weighted by atomic mass is 14.7. The third kappa shape index (κ3) is 2.67. The van der Waals surface area contributed by atoms with Gasteiger partial charge < -0.3 is 0 Å². The zero-order chi connectivity index (χ0) is 16.6. The van der Waals surface area contributed by atoms with Gasteiger partial charge in [-0.3, -0.25) is 4.98 Å². The molecule has 1 aliphatic carbocycles. The molecule has 0 bridgehead atoms. The molecule has 1 aliphatic rings. The quantitative estimate of drug-likeness (QED) is 0.566. The Morgan fingerprint density at radius 2 is 1.75 bits per heavy atom. The molecule has 0 N–H and O–H groups in total. The number of hydrogen-bond acceptors (Lipinski definition) is 1. The van der Waals surface area contributed by atoms with Gasteiger partial charge >= 0.3 is 0 Å². The molecule has 1 aromatic heterocycles. The molecule has 0 amide bonds. The van der Waals surface area contributed by atoms with Crippen LogP contribution >= 0.6 is 0 Å². The number of nitrogens with zero attached hydrogens (tertiary/aromatic N) is 1. The summed E-state index contributed by atoms with van der Waals surface area (Å²) in [5.41, 5.74) is 7.49. The number of hydrogen-bond donors (Lipinski definition) is 0. The second-order valence-electron chi connectivity index (χ2n) is 6.86. The van der Waals surface area contributed by atoms with Crippen LogP contribution in [0.1, 0.15) is 30.9 Å². The number of pyridine rings is 1. The summed E-state index contributed by atoms with van der Waals surface area (Å²) >= 11 is 0. The summed E-state index contributed by atoms with van der Waals surface area (Å²) < 4.78 is 0. The van der Waals surface area contributed by atoms with Gasteiger partial charge in [0.2, 0.25) is 0 Å². The fourth-order valence-corrected chi connectivity index (χ4v) is 3.20. The lowest BCUT2D eigenvalue weighted by Gasteiger charge is -2.13. The summed E-state index contributed by atoms with van der Waals surface area (Å²) in [6.45, 7) is 6.31. The van der Waals surface area contributed by atoms with Crippen molar-refractivity contribution in [2.24, 2.45) is 0 Å². The van der Waals surface area contributed by atoms with E-state index in [2.05, 4.69) is 73.1 Å². The van der Waals surface area contributed by atoms with Gasteiger partial charge in [0, 0.05) is 11.8 Å². The Hall–Kier alpha value is -2.67. The van der Waals surface area contributed by atoms with Gasteiger partial charge in [-0.1, -0.05) is 62.0 Å². The van der Waals surface area contributed by atoms with Gasteiger partial charge in [-0.2, -0.15) is 0 Å². The maximum atomic E-state index is 4.65. The van der Waals surface area contributed by atoms with Crippen LogP contribution in [0.3, 0.4) is 0 Å². The van der Waals surface area contributed by atoms with Crippen LogP contribution in [0.25, 0.3) is 28.5 Å². The Balaban J connectivity index is 1.83. The highest BCUT2D eigenvalue weighted by molar-refractivity contribution is 5.79. The smallest absolute Gasteiger partial charge is 0.0711 e. The van der Waals surface area contributed by atoms with Crippen LogP contribution in [0, 0.1) is 0 Å². The lowest BCUT2D eigenvalue weighted by atomic mass is 9.94. The largest absolute Gasteiger partial charge is 0.256 e. The normalized spacial score (nSPS) is 15.0. The molecule has 1 nitrogen and oxygen atoms in total. The predicted octanol–water partition coefficient (Wildman–Crippen LogP) is 6.11. The minimum Gasteiger partial charge on any atom is -0.256 e. The molecule has 118 valence electrons. The average molecular weight is 311 g/mol. The summed E-state index contributed by atoms with van der Waals surface area (Å²) in [4.78, 5) is 4.65. The van der Waals surface area contributed by atoms with Crippen molar-refractivity contribution in [3.63, 3.8) is 0 Å². The van der Waals surface area contributed by atoms with Crippen molar-refractivity contribution >= 4 is 6.08 Å². The molecule has 1 heteroatoms. The fourth-order valence-electron chi connectivity index (χ4n) is 3.20. The summed E-state index contributed by atoms with van der Waals surface area (Å²) in [6, 6.07) is 21.4. The number of benzene rings is 2. The molecular weight excluding hydrogens is 290 g/mol. The Labute approximate surface area is 143 Å². The van der Waals surface area contributed by atoms with Crippen LogP contribution in [0.5, 0.6) is 0 Å². The maximum Gasteiger partial charge on any atom is 0.0711 e. The molecule has 2 aromatic carbocycles. The second kappa shape index (κ2) is 5.76. The van der Waals surface area contributed by atoms with Crippen molar-refractivity contribution in [3.8, 4) is 22.4 Å². The van der Waals surface area contributed by atoms with E-state index in [0.29, 0.717) is 5.41 Å². The second-order valence-corrected chi connectivity index (χ2v) is 6.86. The van der Waals surface area contributed by atoms with E-state index >= 15 is 0 Å². The Bertz CT molecular complexity index is 889. The first kappa shape index (κ1) is 14.9. The number of aromatic nitrogens is 1. The minimum absolute atomic E-state index is 0.350. The summed E-state index contributed by atoms with van der Waals surface area (Å²) in [7, 11) is 0. The van der Waals surface area contributed by atoms with E-state index in [-0.39, 0.29) is 0 Å². The molecule has 0 radical (unpaired) electrons. The van der Waals surface area contributed by atoms with Gasteiger partial charge in [0.25, 0.3) is 0 Å². The first-order chi connectivity index (χ1) is 11.7. The van der Waals surface area contributed by atoms with E-state index < -0.39 is 0 Å². The SMILES string of the molecule is C=Cc1ccc(-c2ccccc2)cc1-c1cc(C2(C)CC2)ccn1. The van der Waals surface area contributed by atoms with Gasteiger partial charge in [0.1, 0.15) is 0 Å². The van der Waals surface area contributed by atoms with E-state index in [0.717, 1.165) is 16.8 Å². The van der Waals surface area contributed by atoms with E-state index in [1.807, 2.05) is 18.3 Å². The van der Waals surface area contributed by atoms with Crippen LogP contribution in [0.15, 0.2) is 73.4 Å². The van der Waals surface area contributed by atoms with Gasteiger partial charge in [-0.05, 0) is 58.7 Å². The van der Waals surface area contributed by atoms with Crippen molar-refractivity contribution in [1.29, 1.82) is 0 Å². The zero-order valence-corrected chi connectivity index (χ0v) is 14.0. The van der Waals surface area contributed by atoms with Gasteiger partial charge in [-0.25, -0.2) is 0 Å². The third-order valence-corrected chi connectivity index (χ3v) is 5.11. The van der Waals surface area contributed by atoms with Crippen molar-refractivity contribution < 1.29 is 0 Å². The lowest BCUT2D eigenvalue weighted by Crippen LogP contribution is -2.00. The van der Waals surface area contributed by atoms with E-state index in [9.17, 15) is 0 Å². The minimum atomic E-state index is 0.350. The molecule has 0 spiro atoms. The van der Waals surface area contributed by atoms with E-state index in [1.54, 1.807) is 0 Å². The van der Waals surface area contributed by atoms with Crippen LogP contribution in [0.2, 0.25) is 0 Å². The molecule has 4 rings (SSSR count). The lowest BCUT2D eigenvalue weighted by molar-refractivity contribution is 0.786. The van der Waals surface area contributed by atoms with Gasteiger partial charge in [0.15, 0.2) is 0 Å².